The zero-order chi connectivity index (χ0) is 18.8. The summed E-state index contributed by atoms with van der Waals surface area (Å²) in [5, 5.41) is 5.84. The Bertz CT molecular complexity index is 915. The Morgan fingerprint density at radius 2 is 2.07 bits per heavy atom. The van der Waals surface area contributed by atoms with E-state index in [-0.39, 0.29) is 17.8 Å². The largest absolute Gasteiger partial charge is 0.351 e. The molecule has 142 valence electrons. The zero-order valence-corrected chi connectivity index (χ0v) is 16.1. The molecule has 3 aromatic rings. The molecule has 1 atom stereocenters. The molecule has 1 aliphatic heterocycles. The molecule has 1 aliphatic rings. The Labute approximate surface area is 161 Å². The van der Waals surface area contributed by atoms with Gasteiger partial charge in [0.25, 0.3) is 5.91 Å². The first-order chi connectivity index (χ1) is 13.1. The van der Waals surface area contributed by atoms with Crippen molar-refractivity contribution in [3.63, 3.8) is 0 Å². The van der Waals surface area contributed by atoms with Crippen molar-refractivity contribution in [1.82, 2.24) is 20.1 Å². The highest BCUT2D eigenvalue weighted by Crippen LogP contribution is 2.26. The minimum Gasteiger partial charge on any atom is -0.351 e. The van der Waals surface area contributed by atoms with E-state index in [2.05, 4.69) is 44.7 Å². The number of hydrogen-bond acceptors (Lipinski definition) is 4. The standard InChI is InChI=1S/C20H23FN4OS/c1-24-6-8-25(9-7-24)18(19-3-2-10-27-19)13-22-20(26)17-12-14-11-15(21)4-5-16(14)23-17/h2-5,10-12,18,23H,6-9,13H2,1H3,(H,22,26). The van der Waals surface area contributed by atoms with Gasteiger partial charge in [-0.15, -0.1) is 11.3 Å². The van der Waals surface area contributed by atoms with Crippen LogP contribution in [0.4, 0.5) is 4.39 Å². The molecule has 1 unspecified atom stereocenters. The fourth-order valence-electron chi connectivity index (χ4n) is 3.53. The lowest BCUT2D eigenvalue weighted by atomic mass is 10.1. The SMILES string of the molecule is CN1CCN(C(CNC(=O)c2cc3cc(F)ccc3[nH]2)c2cccs2)CC1. The Morgan fingerprint density at radius 3 is 2.81 bits per heavy atom. The van der Waals surface area contributed by atoms with Gasteiger partial charge in [-0.2, -0.15) is 0 Å². The van der Waals surface area contributed by atoms with Crippen LogP contribution in [0.15, 0.2) is 41.8 Å². The van der Waals surface area contributed by atoms with Crippen molar-refractivity contribution in [1.29, 1.82) is 0 Å². The third kappa shape index (κ3) is 4.05. The zero-order valence-electron chi connectivity index (χ0n) is 15.2. The summed E-state index contributed by atoms with van der Waals surface area (Å²) in [4.78, 5) is 21.7. The Morgan fingerprint density at radius 1 is 1.26 bits per heavy atom. The predicted octanol–water partition coefficient (Wildman–Crippen LogP) is 3.09. The molecule has 3 heterocycles. The lowest BCUT2D eigenvalue weighted by Gasteiger charge is -2.37. The van der Waals surface area contributed by atoms with Crippen molar-refractivity contribution < 1.29 is 9.18 Å². The fourth-order valence-corrected chi connectivity index (χ4v) is 4.40. The molecule has 5 nitrogen and oxygen atoms in total. The number of hydrogen-bond donors (Lipinski definition) is 2. The van der Waals surface area contributed by atoms with Crippen LogP contribution in [0.3, 0.4) is 0 Å². The number of aromatic nitrogens is 1. The third-order valence-electron chi connectivity index (χ3n) is 5.13. The smallest absolute Gasteiger partial charge is 0.267 e. The van der Waals surface area contributed by atoms with Gasteiger partial charge in [-0.05, 0) is 42.8 Å². The number of benzene rings is 1. The lowest BCUT2D eigenvalue weighted by Crippen LogP contribution is -2.48. The van der Waals surface area contributed by atoms with Gasteiger partial charge in [0, 0.05) is 48.5 Å². The van der Waals surface area contributed by atoms with Crippen molar-refractivity contribution in [3.05, 3.63) is 58.2 Å². The number of likely N-dealkylation sites (N-methyl/N-ethyl adjacent to an activating group) is 1. The molecular formula is C20H23FN4OS. The van der Waals surface area contributed by atoms with Crippen LogP contribution in [0, 0.1) is 5.82 Å². The topological polar surface area (TPSA) is 51.4 Å². The summed E-state index contributed by atoms with van der Waals surface area (Å²) < 4.78 is 13.4. The number of fused-ring (bicyclic) bond motifs is 1. The van der Waals surface area contributed by atoms with Crippen LogP contribution >= 0.6 is 11.3 Å². The molecular weight excluding hydrogens is 363 g/mol. The molecule has 0 aliphatic carbocycles. The van der Waals surface area contributed by atoms with E-state index in [4.69, 9.17) is 0 Å². The number of nitrogens with one attached hydrogen (secondary N) is 2. The second-order valence-electron chi connectivity index (χ2n) is 7.00. The molecule has 2 aromatic heterocycles. The first-order valence-corrected chi connectivity index (χ1v) is 10.0. The van der Waals surface area contributed by atoms with E-state index in [1.54, 1.807) is 23.5 Å². The molecule has 7 heteroatoms. The van der Waals surface area contributed by atoms with E-state index in [9.17, 15) is 9.18 Å². The average molecular weight is 386 g/mol. The minimum atomic E-state index is -0.304. The van der Waals surface area contributed by atoms with Crippen LogP contribution < -0.4 is 5.32 Å². The van der Waals surface area contributed by atoms with Crippen LogP contribution in [0.1, 0.15) is 21.4 Å². The summed E-state index contributed by atoms with van der Waals surface area (Å²) in [7, 11) is 2.14. The molecule has 0 radical (unpaired) electrons. The Hall–Kier alpha value is -2.22. The summed E-state index contributed by atoms with van der Waals surface area (Å²) in [5.41, 5.74) is 1.22. The first-order valence-electron chi connectivity index (χ1n) is 9.12. The van der Waals surface area contributed by atoms with Gasteiger partial charge in [-0.3, -0.25) is 9.69 Å². The van der Waals surface area contributed by atoms with Crippen LogP contribution in [-0.2, 0) is 0 Å². The highest BCUT2D eigenvalue weighted by atomic mass is 32.1. The van der Waals surface area contributed by atoms with Crippen molar-refractivity contribution in [3.8, 4) is 0 Å². The highest BCUT2D eigenvalue weighted by Gasteiger charge is 2.25. The van der Waals surface area contributed by atoms with Gasteiger partial charge in [0.15, 0.2) is 0 Å². The maximum absolute atomic E-state index is 13.4. The van der Waals surface area contributed by atoms with Gasteiger partial charge in [0.05, 0.1) is 6.04 Å². The predicted molar refractivity (Wildman–Crippen MR) is 107 cm³/mol. The average Bonchev–Trinajstić information content (AvgIpc) is 3.32. The highest BCUT2D eigenvalue weighted by molar-refractivity contribution is 7.10. The summed E-state index contributed by atoms with van der Waals surface area (Å²) in [5.74, 6) is -0.469. The van der Waals surface area contributed by atoms with Gasteiger partial charge in [0.1, 0.15) is 11.5 Å². The van der Waals surface area contributed by atoms with E-state index in [1.165, 1.54) is 17.0 Å². The summed E-state index contributed by atoms with van der Waals surface area (Å²) in [6.07, 6.45) is 0. The number of nitrogens with zero attached hydrogens (tertiary/aromatic N) is 2. The maximum Gasteiger partial charge on any atom is 0.267 e. The first kappa shape index (κ1) is 18.2. The van der Waals surface area contributed by atoms with Crippen molar-refractivity contribution in [2.75, 3.05) is 39.8 Å². The normalized spacial score (nSPS) is 17.3. The monoisotopic (exact) mass is 386 g/mol. The summed E-state index contributed by atoms with van der Waals surface area (Å²) in [6, 6.07) is 10.5. The van der Waals surface area contributed by atoms with Gasteiger partial charge in [0.2, 0.25) is 0 Å². The van der Waals surface area contributed by atoms with Crippen molar-refractivity contribution in [2.24, 2.45) is 0 Å². The van der Waals surface area contributed by atoms with Crippen LogP contribution in [0.2, 0.25) is 0 Å². The fraction of sp³-hybridized carbons (Fsp3) is 0.350. The molecule has 1 aromatic carbocycles. The molecule has 0 bridgehead atoms. The van der Waals surface area contributed by atoms with Crippen molar-refractivity contribution in [2.45, 2.75) is 6.04 Å². The van der Waals surface area contributed by atoms with Gasteiger partial charge in [-0.1, -0.05) is 6.07 Å². The summed E-state index contributed by atoms with van der Waals surface area (Å²) in [6.45, 7) is 4.58. The van der Waals surface area contributed by atoms with Crippen LogP contribution in [-0.4, -0.2) is 60.5 Å². The number of H-pyrrole nitrogens is 1. The molecule has 0 spiro atoms. The minimum absolute atomic E-state index is 0.165. The van der Waals surface area contributed by atoms with Crippen LogP contribution in [0.5, 0.6) is 0 Å². The van der Waals surface area contributed by atoms with E-state index < -0.39 is 0 Å². The molecule has 0 saturated carbocycles. The number of carbonyl (C=O) groups excluding carboxylic acids is 1. The van der Waals surface area contributed by atoms with Gasteiger partial charge >= 0.3 is 0 Å². The number of thiophene rings is 1. The van der Waals surface area contributed by atoms with Gasteiger partial charge < -0.3 is 15.2 Å². The maximum atomic E-state index is 13.4. The Balaban J connectivity index is 1.47. The number of piperazine rings is 1. The van der Waals surface area contributed by atoms with Gasteiger partial charge in [-0.25, -0.2) is 4.39 Å². The van der Waals surface area contributed by atoms with Crippen LogP contribution in [0.25, 0.3) is 10.9 Å². The second-order valence-corrected chi connectivity index (χ2v) is 7.97. The quantitative estimate of drug-likeness (QED) is 0.709. The number of carbonyl (C=O) groups is 1. The molecule has 1 saturated heterocycles. The number of rotatable bonds is 5. The molecule has 4 rings (SSSR count). The van der Waals surface area contributed by atoms with E-state index in [1.807, 2.05) is 0 Å². The lowest BCUT2D eigenvalue weighted by molar-refractivity contribution is 0.0886. The number of amides is 1. The van der Waals surface area contributed by atoms with E-state index in [0.29, 0.717) is 17.6 Å². The van der Waals surface area contributed by atoms with E-state index >= 15 is 0 Å². The Kier molecular flexibility index (Phi) is 5.24. The number of aromatic amines is 1. The third-order valence-corrected chi connectivity index (χ3v) is 6.11. The molecule has 1 fully saturated rings. The molecule has 1 amide bonds. The molecule has 2 N–H and O–H groups in total. The summed E-state index contributed by atoms with van der Waals surface area (Å²) >= 11 is 1.72. The second kappa shape index (κ2) is 7.80. The molecule has 27 heavy (non-hydrogen) atoms. The van der Waals surface area contributed by atoms with E-state index in [0.717, 1.165) is 31.7 Å². The number of halogens is 1. The van der Waals surface area contributed by atoms with Crippen molar-refractivity contribution >= 4 is 28.1 Å².